The highest BCUT2D eigenvalue weighted by atomic mass is 19.4. The molecule has 0 bridgehead atoms. The van der Waals surface area contributed by atoms with Crippen molar-refractivity contribution in [3.63, 3.8) is 0 Å². The predicted octanol–water partition coefficient (Wildman–Crippen LogP) is 0.412. The van der Waals surface area contributed by atoms with Gasteiger partial charge in [-0.3, -0.25) is 24.0 Å². The van der Waals surface area contributed by atoms with E-state index in [-0.39, 0.29) is 24.1 Å². The van der Waals surface area contributed by atoms with Gasteiger partial charge < -0.3 is 20.8 Å². The molecular weight excluding hydrogens is 461 g/mol. The van der Waals surface area contributed by atoms with E-state index in [0.717, 1.165) is 0 Å². The van der Waals surface area contributed by atoms with E-state index in [1.54, 1.807) is 0 Å². The first kappa shape index (κ1) is 23.9. The van der Waals surface area contributed by atoms with Gasteiger partial charge in [0, 0.05) is 32.1 Å². The number of amides is 1. The largest absolute Gasteiger partial charge is 0.507 e. The minimum atomic E-state index is -5.00. The summed E-state index contributed by atoms with van der Waals surface area (Å²) in [7, 11) is 2.91. The average molecular weight is 482 g/mol. The third-order valence-corrected chi connectivity index (χ3v) is 7.17. The van der Waals surface area contributed by atoms with Crippen LogP contribution in [0.25, 0.3) is 0 Å². The van der Waals surface area contributed by atoms with E-state index in [9.17, 15) is 47.4 Å². The summed E-state index contributed by atoms with van der Waals surface area (Å²) in [4.78, 5) is 64.9. The Morgan fingerprint density at radius 3 is 2.29 bits per heavy atom. The minimum Gasteiger partial charge on any atom is -0.507 e. The lowest BCUT2D eigenvalue weighted by Crippen LogP contribution is -2.68. The number of aliphatic hydroxyl groups is 1. The predicted molar refractivity (Wildman–Crippen MR) is 108 cm³/mol. The number of rotatable bonds is 2. The summed E-state index contributed by atoms with van der Waals surface area (Å²) in [6, 6.07) is 0.716. The monoisotopic (exact) mass is 482 g/mol. The first-order chi connectivity index (χ1) is 15.6. The zero-order valence-corrected chi connectivity index (χ0v) is 18.1. The lowest BCUT2D eigenvalue weighted by molar-refractivity contribution is -0.175. The van der Waals surface area contributed by atoms with Gasteiger partial charge >= 0.3 is 6.18 Å². The molecule has 182 valence electrons. The molecule has 0 saturated heterocycles. The second-order valence-corrected chi connectivity index (χ2v) is 9.28. The number of anilines is 1. The highest BCUT2D eigenvalue weighted by Gasteiger charge is 2.66. The first-order valence-corrected chi connectivity index (χ1v) is 10.4. The number of benzene rings is 1. The number of carbonyl (C=O) groups is 5. The van der Waals surface area contributed by atoms with Crippen molar-refractivity contribution in [3.8, 4) is 5.75 Å². The molecule has 1 aromatic rings. The number of ketones is 4. The molecule has 2 saturated carbocycles. The number of phenols is 1. The molecule has 0 aliphatic heterocycles. The van der Waals surface area contributed by atoms with Crippen molar-refractivity contribution in [3.05, 3.63) is 22.8 Å². The molecule has 5 atom stereocenters. The number of nitrogens with two attached hydrogens (primary N) is 1. The number of carbonyl (C=O) groups excluding carboxylic acids is 5. The number of aromatic hydroxyl groups is 1. The third-order valence-electron chi connectivity index (χ3n) is 7.17. The highest BCUT2D eigenvalue weighted by molar-refractivity contribution is 6.31. The molecule has 1 aromatic carbocycles. The summed E-state index contributed by atoms with van der Waals surface area (Å²) in [6.45, 7) is 0. The molecule has 4 N–H and O–H groups in total. The topological polar surface area (TPSA) is 155 Å². The molecule has 1 amide bonds. The van der Waals surface area contributed by atoms with Crippen LogP contribution in [0.3, 0.4) is 0 Å². The lowest BCUT2D eigenvalue weighted by atomic mass is 9.53. The summed E-state index contributed by atoms with van der Waals surface area (Å²) in [5.74, 6) is -13.2. The summed E-state index contributed by atoms with van der Waals surface area (Å²) < 4.78 is 40.7. The Morgan fingerprint density at radius 1 is 1.15 bits per heavy atom. The van der Waals surface area contributed by atoms with Crippen LogP contribution in [0.2, 0.25) is 0 Å². The molecule has 4 rings (SSSR count). The molecule has 3 aliphatic carbocycles. The molecule has 2 fully saturated rings. The number of Topliss-reactive ketones (excluding diaryl/α,β-unsaturated/α-hetero) is 4. The van der Waals surface area contributed by atoms with E-state index in [2.05, 4.69) is 0 Å². The SMILES string of the molecule is CN(C)c1cc(C(F)(F)F)c(O)c2c1C[C@H]1C[C@H]3CC(=O)C(C(N)=O)C(=O)[C@@]3(O)C(=O)C1C2=O. The van der Waals surface area contributed by atoms with Crippen molar-refractivity contribution in [2.75, 3.05) is 19.0 Å². The molecule has 0 radical (unpaired) electrons. The van der Waals surface area contributed by atoms with E-state index in [1.165, 1.54) is 19.0 Å². The standard InChI is InChI=1S/C22H21F3N2O7/c1-27(2)11-6-10(22(23,24)25)16(29)14-9(11)4-7-3-8-5-12(28)15(20(26)33)19(32)21(8,34)18(31)13(7)17(14)30/h6-8,13,15,29,34H,3-5H2,1-2H3,(H2,26,33)/t7-,8+,13?,15?,21+/m1/s1. The molecule has 9 nitrogen and oxygen atoms in total. The molecule has 0 heterocycles. The second kappa shape index (κ2) is 7.36. The summed E-state index contributed by atoms with van der Waals surface area (Å²) in [5.41, 5.74) is 0.209. The van der Waals surface area contributed by atoms with Crippen molar-refractivity contribution in [1.82, 2.24) is 0 Å². The molecule has 0 aromatic heterocycles. The molecule has 2 unspecified atom stereocenters. The van der Waals surface area contributed by atoms with Crippen LogP contribution in [0.4, 0.5) is 18.9 Å². The van der Waals surface area contributed by atoms with Crippen molar-refractivity contribution in [1.29, 1.82) is 0 Å². The number of hydrogen-bond donors (Lipinski definition) is 3. The van der Waals surface area contributed by atoms with Crippen LogP contribution in [-0.2, 0) is 31.8 Å². The Bertz CT molecular complexity index is 1180. The Balaban J connectivity index is 1.88. The van der Waals surface area contributed by atoms with Gasteiger partial charge in [0.1, 0.15) is 11.3 Å². The Morgan fingerprint density at radius 2 is 1.76 bits per heavy atom. The molecular formula is C22H21F3N2O7. The van der Waals surface area contributed by atoms with Crippen LogP contribution in [0.5, 0.6) is 5.75 Å². The lowest BCUT2D eigenvalue weighted by Gasteiger charge is -2.48. The Labute approximate surface area is 190 Å². The van der Waals surface area contributed by atoms with Crippen LogP contribution in [-0.4, -0.2) is 58.9 Å². The molecule has 0 spiro atoms. The fraction of sp³-hybridized carbons (Fsp3) is 0.500. The van der Waals surface area contributed by atoms with Crippen molar-refractivity contribution < 1.29 is 47.4 Å². The highest BCUT2D eigenvalue weighted by Crippen LogP contribution is 2.52. The quantitative estimate of drug-likeness (QED) is 0.512. The minimum absolute atomic E-state index is 0.0183. The summed E-state index contributed by atoms with van der Waals surface area (Å²) >= 11 is 0. The number of halogens is 3. The van der Waals surface area contributed by atoms with Gasteiger partial charge in [0.15, 0.2) is 34.7 Å². The first-order valence-electron chi connectivity index (χ1n) is 10.4. The van der Waals surface area contributed by atoms with Gasteiger partial charge in [0.25, 0.3) is 0 Å². The van der Waals surface area contributed by atoms with Crippen LogP contribution in [0.1, 0.15) is 34.3 Å². The number of fused-ring (bicyclic) bond motifs is 3. The maximum atomic E-state index is 13.6. The van der Waals surface area contributed by atoms with Gasteiger partial charge in [-0.1, -0.05) is 0 Å². The zero-order valence-electron chi connectivity index (χ0n) is 18.1. The molecule has 12 heteroatoms. The van der Waals surface area contributed by atoms with Gasteiger partial charge in [0.2, 0.25) is 5.91 Å². The van der Waals surface area contributed by atoms with E-state index in [1.807, 2.05) is 0 Å². The third kappa shape index (κ3) is 3.07. The number of primary amides is 1. The molecule has 34 heavy (non-hydrogen) atoms. The zero-order chi connectivity index (χ0) is 25.5. The Kier molecular flexibility index (Phi) is 5.16. The number of alkyl halides is 3. The summed E-state index contributed by atoms with van der Waals surface area (Å²) in [5, 5.41) is 21.5. The Hall–Kier alpha value is -3.28. The van der Waals surface area contributed by atoms with Gasteiger partial charge in [0.05, 0.1) is 11.5 Å². The van der Waals surface area contributed by atoms with E-state index in [0.29, 0.717) is 6.07 Å². The second-order valence-electron chi connectivity index (χ2n) is 9.28. The van der Waals surface area contributed by atoms with Gasteiger partial charge in [-0.2, -0.15) is 13.2 Å². The smallest absolute Gasteiger partial charge is 0.420 e. The maximum absolute atomic E-state index is 13.6. The fourth-order valence-electron chi connectivity index (χ4n) is 5.63. The van der Waals surface area contributed by atoms with E-state index >= 15 is 0 Å². The molecule has 3 aliphatic rings. The van der Waals surface area contributed by atoms with Gasteiger partial charge in [-0.05, 0) is 30.4 Å². The van der Waals surface area contributed by atoms with Crippen LogP contribution in [0, 0.1) is 23.7 Å². The van der Waals surface area contributed by atoms with Crippen LogP contribution in [0.15, 0.2) is 6.07 Å². The van der Waals surface area contributed by atoms with E-state index < -0.39 is 87.8 Å². The van der Waals surface area contributed by atoms with Crippen LogP contribution < -0.4 is 10.6 Å². The van der Waals surface area contributed by atoms with E-state index in [4.69, 9.17) is 5.73 Å². The summed E-state index contributed by atoms with van der Waals surface area (Å²) in [6.07, 6.45) is -5.75. The number of nitrogens with zero attached hydrogens (tertiary/aromatic N) is 1. The van der Waals surface area contributed by atoms with Crippen molar-refractivity contribution in [2.24, 2.45) is 29.4 Å². The maximum Gasteiger partial charge on any atom is 0.420 e. The van der Waals surface area contributed by atoms with Crippen molar-refractivity contribution in [2.45, 2.75) is 31.0 Å². The van der Waals surface area contributed by atoms with Gasteiger partial charge in [-0.15, -0.1) is 0 Å². The normalized spacial score (nSPS) is 31.0. The fourth-order valence-corrected chi connectivity index (χ4v) is 5.63. The van der Waals surface area contributed by atoms with Crippen LogP contribution >= 0.6 is 0 Å². The average Bonchev–Trinajstić information content (AvgIpc) is 2.69. The van der Waals surface area contributed by atoms with Crippen molar-refractivity contribution >= 4 is 34.7 Å². The van der Waals surface area contributed by atoms with Gasteiger partial charge in [-0.25, -0.2) is 0 Å². The number of hydrogen-bond acceptors (Lipinski definition) is 8. The number of phenolic OH excluding ortho intramolecular Hbond substituents is 1.